The van der Waals surface area contributed by atoms with E-state index in [1.165, 1.54) is 63.4 Å². The summed E-state index contributed by atoms with van der Waals surface area (Å²) in [6.07, 6.45) is 1.88. The van der Waals surface area contributed by atoms with E-state index in [0.717, 1.165) is 15.3 Å². The van der Waals surface area contributed by atoms with E-state index in [2.05, 4.69) is 5.32 Å². The minimum atomic E-state index is -4.16. The number of halogens is 1. The minimum absolute atomic E-state index is 0.0120. The highest BCUT2D eigenvalue weighted by Gasteiger charge is 2.27. The largest absolute Gasteiger partial charge is 0.493 e. The van der Waals surface area contributed by atoms with E-state index in [9.17, 15) is 17.6 Å². The first-order valence-corrected chi connectivity index (χ1v) is 13.4. The van der Waals surface area contributed by atoms with Crippen LogP contribution in [0.25, 0.3) is 0 Å². The van der Waals surface area contributed by atoms with E-state index >= 15 is 0 Å². The first kappa shape index (κ1) is 27.2. The van der Waals surface area contributed by atoms with Crippen molar-refractivity contribution in [1.82, 2.24) is 5.32 Å². The zero-order valence-corrected chi connectivity index (χ0v) is 21.9. The Morgan fingerprint density at radius 2 is 1.61 bits per heavy atom. The highest BCUT2D eigenvalue weighted by atomic mass is 32.2. The van der Waals surface area contributed by atoms with Crippen molar-refractivity contribution in [2.24, 2.45) is 0 Å². The average Bonchev–Trinajstić information content (AvgIpc) is 2.89. The third-order valence-corrected chi connectivity index (χ3v) is 7.78. The van der Waals surface area contributed by atoms with Gasteiger partial charge in [0, 0.05) is 11.4 Å². The molecule has 0 fully saturated rings. The maximum absolute atomic E-state index is 14.0. The summed E-state index contributed by atoms with van der Waals surface area (Å²) in [7, 11) is 0.278. The quantitative estimate of drug-likeness (QED) is 0.371. The number of carbonyl (C=O) groups is 1. The molecule has 36 heavy (non-hydrogen) atoms. The van der Waals surface area contributed by atoms with Crippen LogP contribution in [0.2, 0.25) is 0 Å². The summed E-state index contributed by atoms with van der Waals surface area (Å²) in [6, 6.07) is 14.7. The second kappa shape index (κ2) is 12.0. The fourth-order valence-electron chi connectivity index (χ4n) is 3.45. The van der Waals surface area contributed by atoms with Gasteiger partial charge in [0.05, 0.1) is 31.9 Å². The molecule has 1 N–H and O–H groups in total. The van der Waals surface area contributed by atoms with Crippen molar-refractivity contribution >= 4 is 33.4 Å². The van der Waals surface area contributed by atoms with E-state index in [1.54, 1.807) is 24.3 Å². The van der Waals surface area contributed by atoms with Crippen LogP contribution in [0.15, 0.2) is 70.5 Å². The first-order valence-electron chi connectivity index (χ1n) is 10.7. The molecule has 0 unspecified atom stereocenters. The number of sulfonamides is 1. The minimum Gasteiger partial charge on any atom is -0.493 e. The number of methoxy groups -OCH3 is 3. The molecule has 1 amide bonds. The van der Waals surface area contributed by atoms with E-state index in [0.29, 0.717) is 22.8 Å². The zero-order chi connectivity index (χ0) is 26.3. The molecule has 8 nitrogen and oxygen atoms in total. The smallest absolute Gasteiger partial charge is 0.264 e. The number of hydrogen-bond donors (Lipinski definition) is 1. The van der Waals surface area contributed by atoms with Crippen molar-refractivity contribution in [3.63, 3.8) is 0 Å². The van der Waals surface area contributed by atoms with Gasteiger partial charge in [-0.1, -0.05) is 6.07 Å². The molecule has 0 bridgehead atoms. The van der Waals surface area contributed by atoms with Gasteiger partial charge in [-0.05, 0) is 66.4 Å². The number of anilines is 1. The lowest BCUT2D eigenvalue weighted by atomic mass is 10.1. The molecular formula is C25H27FN2O6S2. The molecule has 11 heteroatoms. The van der Waals surface area contributed by atoms with Crippen molar-refractivity contribution in [2.75, 3.05) is 38.4 Å². The van der Waals surface area contributed by atoms with Gasteiger partial charge in [0.25, 0.3) is 10.0 Å². The van der Waals surface area contributed by atoms with Crippen LogP contribution < -0.4 is 23.8 Å². The predicted octanol–water partition coefficient (Wildman–Crippen LogP) is 4.09. The highest BCUT2D eigenvalue weighted by Crippen LogP contribution is 2.38. The van der Waals surface area contributed by atoms with Crippen LogP contribution in [0.4, 0.5) is 10.1 Å². The molecule has 3 rings (SSSR count). The van der Waals surface area contributed by atoms with Crippen LogP contribution in [0.1, 0.15) is 5.56 Å². The lowest BCUT2D eigenvalue weighted by molar-refractivity contribution is -0.119. The fourth-order valence-corrected chi connectivity index (χ4v) is 5.27. The maximum Gasteiger partial charge on any atom is 0.264 e. The average molecular weight is 535 g/mol. The molecule has 0 aliphatic rings. The summed E-state index contributed by atoms with van der Waals surface area (Å²) in [4.78, 5) is 13.8. The molecular weight excluding hydrogens is 507 g/mol. The summed E-state index contributed by atoms with van der Waals surface area (Å²) in [5.74, 6) is 0.0315. The zero-order valence-electron chi connectivity index (χ0n) is 20.3. The molecule has 0 saturated carbocycles. The molecule has 0 saturated heterocycles. The van der Waals surface area contributed by atoms with Gasteiger partial charge in [0.2, 0.25) is 11.7 Å². The number of thioether (sulfide) groups is 1. The lowest BCUT2D eigenvalue weighted by Gasteiger charge is -2.24. The Bertz CT molecular complexity index is 1290. The van der Waals surface area contributed by atoms with E-state index in [1.807, 2.05) is 6.26 Å². The first-order chi connectivity index (χ1) is 17.2. The van der Waals surface area contributed by atoms with Gasteiger partial charge in [-0.3, -0.25) is 9.10 Å². The van der Waals surface area contributed by atoms with Gasteiger partial charge >= 0.3 is 0 Å². The van der Waals surface area contributed by atoms with E-state index < -0.39 is 28.3 Å². The molecule has 0 aromatic heterocycles. The summed E-state index contributed by atoms with van der Waals surface area (Å²) >= 11 is 1.47. The van der Waals surface area contributed by atoms with E-state index in [4.69, 9.17) is 14.2 Å². The second-order valence-electron chi connectivity index (χ2n) is 7.48. The summed E-state index contributed by atoms with van der Waals surface area (Å²) in [5.41, 5.74) is 0.678. The summed E-state index contributed by atoms with van der Waals surface area (Å²) in [6.45, 7) is -0.491. The molecule has 0 aliphatic carbocycles. The Labute approximate surface area is 214 Å². The third kappa shape index (κ3) is 6.21. The maximum atomic E-state index is 14.0. The Hall–Kier alpha value is -3.44. The van der Waals surface area contributed by atoms with Gasteiger partial charge in [-0.2, -0.15) is 0 Å². The third-order valence-electron chi connectivity index (χ3n) is 5.25. The number of amides is 1. The number of nitrogens with one attached hydrogen (secondary N) is 1. The molecule has 0 aliphatic heterocycles. The van der Waals surface area contributed by atoms with Crippen molar-refractivity contribution in [3.8, 4) is 17.2 Å². The van der Waals surface area contributed by atoms with E-state index in [-0.39, 0.29) is 17.1 Å². The molecule has 3 aromatic carbocycles. The fraction of sp³-hybridized carbons (Fsp3) is 0.240. The monoisotopic (exact) mass is 534 g/mol. The number of rotatable bonds is 11. The molecule has 0 atom stereocenters. The Morgan fingerprint density at radius 1 is 0.972 bits per heavy atom. The Morgan fingerprint density at radius 3 is 2.14 bits per heavy atom. The molecule has 0 radical (unpaired) electrons. The number of hydrogen-bond acceptors (Lipinski definition) is 7. The van der Waals surface area contributed by atoms with Crippen LogP contribution >= 0.6 is 11.8 Å². The number of nitrogens with zero attached hydrogens (tertiary/aromatic N) is 1. The van der Waals surface area contributed by atoms with Gasteiger partial charge < -0.3 is 19.5 Å². The number of carbonyl (C=O) groups excluding carboxylic acids is 1. The van der Waals surface area contributed by atoms with Crippen LogP contribution in [0, 0.1) is 5.82 Å². The molecule has 0 spiro atoms. The SMILES string of the molecule is COc1cc(CNC(=O)CN(c2cccc(F)c2)S(=O)(=O)c2ccc(SC)cc2)cc(OC)c1OC. The standard InChI is InChI=1S/C25H27FN2O6S2/c1-32-22-12-17(13-23(33-2)25(22)34-3)15-27-24(29)16-28(19-7-5-6-18(26)14-19)36(30,31)21-10-8-20(35-4)9-11-21/h5-14H,15-16H2,1-4H3,(H,27,29). The van der Waals surface area contributed by atoms with Gasteiger partial charge in [-0.15, -0.1) is 11.8 Å². The van der Waals surface area contributed by atoms with Gasteiger partial charge in [0.1, 0.15) is 12.4 Å². The summed E-state index contributed by atoms with van der Waals surface area (Å²) in [5, 5.41) is 2.70. The predicted molar refractivity (Wildman–Crippen MR) is 137 cm³/mol. The van der Waals surface area contributed by atoms with Crippen LogP contribution in [0.3, 0.4) is 0 Å². The van der Waals surface area contributed by atoms with Gasteiger partial charge in [-0.25, -0.2) is 12.8 Å². The molecule has 192 valence electrons. The molecule has 3 aromatic rings. The summed E-state index contributed by atoms with van der Waals surface area (Å²) < 4.78 is 57.7. The number of ether oxygens (including phenoxy) is 3. The van der Waals surface area contributed by atoms with Crippen molar-refractivity contribution in [3.05, 3.63) is 72.0 Å². The van der Waals surface area contributed by atoms with Crippen molar-refractivity contribution in [1.29, 1.82) is 0 Å². The Balaban J connectivity index is 1.86. The van der Waals surface area contributed by atoms with Gasteiger partial charge in [0.15, 0.2) is 11.5 Å². The van der Waals surface area contributed by atoms with Crippen LogP contribution in [-0.2, 0) is 21.4 Å². The van der Waals surface area contributed by atoms with Crippen LogP contribution in [0.5, 0.6) is 17.2 Å². The second-order valence-corrected chi connectivity index (χ2v) is 10.2. The van der Waals surface area contributed by atoms with Crippen molar-refractivity contribution < 1.29 is 31.8 Å². The van der Waals surface area contributed by atoms with Crippen molar-refractivity contribution in [2.45, 2.75) is 16.3 Å². The normalized spacial score (nSPS) is 11.0. The molecule has 0 heterocycles. The topological polar surface area (TPSA) is 94.2 Å². The lowest BCUT2D eigenvalue weighted by Crippen LogP contribution is -2.40. The highest BCUT2D eigenvalue weighted by molar-refractivity contribution is 7.98. The number of benzene rings is 3. The Kier molecular flexibility index (Phi) is 9.05. The van der Waals surface area contributed by atoms with Crippen LogP contribution in [-0.4, -0.2) is 48.5 Å².